The minimum absolute atomic E-state index is 0.131. The van der Waals surface area contributed by atoms with Crippen LogP contribution in [0.5, 0.6) is 0 Å². The zero-order chi connectivity index (χ0) is 15.3. The van der Waals surface area contributed by atoms with Gasteiger partial charge in [-0.05, 0) is 38.3 Å². The van der Waals surface area contributed by atoms with Crippen LogP contribution in [0.3, 0.4) is 0 Å². The van der Waals surface area contributed by atoms with Gasteiger partial charge in [-0.2, -0.15) is 0 Å². The van der Waals surface area contributed by atoms with Gasteiger partial charge < -0.3 is 14.8 Å². The summed E-state index contributed by atoms with van der Waals surface area (Å²) in [6.07, 6.45) is 2.44. The summed E-state index contributed by atoms with van der Waals surface area (Å²) in [4.78, 5) is 11.9. The lowest BCUT2D eigenvalue weighted by atomic mass is 9.97. The molecule has 0 radical (unpaired) electrons. The molecule has 21 heavy (non-hydrogen) atoms. The van der Waals surface area contributed by atoms with E-state index in [2.05, 4.69) is 17.4 Å². The summed E-state index contributed by atoms with van der Waals surface area (Å²) in [5.41, 5.74) is 1.89. The fourth-order valence-corrected chi connectivity index (χ4v) is 2.21. The molecule has 1 aromatic rings. The molecule has 0 fully saturated rings. The van der Waals surface area contributed by atoms with Crippen LogP contribution in [0.15, 0.2) is 42.0 Å². The molecule has 1 atom stereocenters. The van der Waals surface area contributed by atoms with Gasteiger partial charge in [-0.3, -0.25) is 0 Å². The molecule has 4 heteroatoms. The molecule has 0 bridgehead atoms. The van der Waals surface area contributed by atoms with E-state index < -0.39 is 11.7 Å². The van der Waals surface area contributed by atoms with Crippen LogP contribution >= 0.6 is 0 Å². The predicted octanol–water partition coefficient (Wildman–Crippen LogP) is 3.08. The zero-order valence-electron chi connectivity index (χ0n) is 12.9. The molecule has 4 nitrogen and oxygen atoms in total. The largest absolute Gasteiger partial charge is 0.444 e. The number of ether oxygens (including phenoxy) is 2. The van der Waals surface area contributed by atoms with Gasteiger partial charge in [-0.25, -0.2) is 4.79 Å². The molecule has 1 aliphatic rings. The molecule has 2 rings (SSSR count). The maximum atomic E-state index is 11.9. The van der Waals surface area contributed by atoms with Crippen LogP contribution in [0.2, 0.25) is 0 Å². The molecule has 1 amide bonds. The third-order valence-corrected chi connectivity index (χ3v) is 3.14. The molecular weight excluding hydrogens is 266 g/mol. The van der Waals surface area contributed by atoms with E-state index in [1.165, 1.54) is 11.1 Å². The van der Waals surface area contributed by atoms with Crippen molar-refractivity contribution in [3.8, 4) is 0 Å². The lowest BCUT2D eigenvalue weighted by Gasteiger charge is -2.27. The first-order valence-electron chi connectivity index (χ1n) is 7.24. The maximum Gasteiger partial charge on any atom is 0.408 e. The van der Waals surface area contributed by atoms with Crippen LogP contribution < -0.4 is 5.32 Å². The van der Waals surface area contributed by atoms with Crippen LogP contribution in [0.4, 0.5) is 4.79 Å². The number of benzene rings is 1. The van der Waals surface area contributed by atoms with E-state index in [-0.39, 0.29) is 6.04 Å². The Labute approximate surface area is 126 Å². The number of hydrogen-bond donors (Lipinski definition) is 1. The third kappa shape index (κ3) is 5.23. The predicted molar refractivity (Wildman–Crippen MR) is 82.2 cm³/mol. The van der Waals surface area contributed by atoms with Crippen molar-refractivity contribution in [2.45, 2.75) is 38.8 Å². The highest BCUT2D eigenvalue weighted by Gasteiger charge is 2.23. The highest BCUT2D eigenvalue weighted by Crippen LogP contribution is 2.16. The van der Waals surface area contributed by atoms with Crippen LogP contribution in [0, 0.1) is 0 Å². The van der Waals surface area contributed by atoms with Crippen molar-refractivity contribution in [1.29, 1.82) is 0 Å². The number of amides is 1. The number of alkyl carbamates (subject to hydrolysis) is 1. The van der Waals surface area contributed by atoms with Crippen molar-refractivity contribution in [2.75, 3.05) is 13.2 Å². The van der Waals surface area contributed by atoms with Gasteiger partial charge in [0.1, 0.15) is 5.60 Å². The Bertz CT molecular complexity index is 503. The van der Waals surface area contributed by atoms with Crippen molar-refractivity contribution in [1.82, 2.24) is 5.32 Å². The summed E-state index contributed by atoms with van der Waals surface area (Å²) < 4.78 is 10.7. The van der Waals surface area contributed by atoms with E-state index in [0.29, 0.717) is 13.2 Å². The van der Waals surface area contributed by atoms with Gasteiger partial charge in [0.2, 0.25) is 0 Å². The first-order valence-corrected chi connectivity index (χ1v) is 7.24. The fraction of sp³-hybridized carbons (Fsp3) is 0.471. The van der Waals surface area contributed by atoms with Gasteiger partial charge in [-0.1, -0.05) is 36.4 Å². The Kier molecular flexibility index (Phi) is 5.02. The van der Waals surface area contributed by atoms with Gasteiger partial charge in [0.05, 0.1) is 19.3 Å². The molecule has 1 aromatic carbocycles. The highest BCUT2D eigenvalue weighted by atomic mass is 16.6. The van der Waals surface area contributed by atoms with E-state index in [1.807, 2.05) is 45.0 Å². The molecule has 0 spiro atoms. The number of rotatable bonds is 3. The highest BCUT2D eigenvalue weighted by molar-refractivity contribution is 5.68. The molecule has 1 aliphatic heterocycles. The van der Waals surface area contributed by atoms with E-state index >= 15 is 0 Å². The average molecular weight is 289 g/mol. The summed E-state index contributed by atoms with van der Waals surface area (Å²) >= 11 is 0. The quantitative estimate of drug-likeness (QED) is 0.870. The first kappa shape index (κ1) is 15.6. The number of carbonyl (C=O) groups is 1. The number of hydrogen-bond acceptors (Lipinski definition) is 3. The molecule has 1 heterocycles. The third-order valence-electron chi connectivity index (χ3n) is 3.14. The first-order chi connectivity index (χ1) is 9.94. The molecule has 114 valence electrons. The smallest absolute Gasteiger partial charge is 0.408 e. The maximum absolute atomic E-state index is 11.9. The summed E-state index contributed by atoms with van der Waals surface area (Å²) in [7, 11) is 0. The van der Waals surface area contributed by atoms with Gasteiger partial charge >= 0.3 is 6.09 Å². The van der Waals surface area contributed by atoms with Gasteiger partial charge in [0, 0.05) is 0 Å². The number of carbonyl (C=O) groups excluding carboxylic acids is 1. The second-order valence-electron chi connectivity index (χ2n) is 6.18. The molecule has 0 unspecified atom stereocenters. The molecule has 0 aromatic heterocycles. The lowest BCUT2D eigenvalue weighted by Crippen LogP contribution is -2.44. The van der Waals surface area contributed by atoms with E-state index in [1.54, 1.807) is 0 Å². The van der Waals surface area contributed by atoms with Crippen LogP contribution in [-0.2, 0) is 15.9 Å². The Morgan fingerprint density at radius 2 is 2.05 bits per heavy atom. The Morgan fingerprint density at radius 3 is 2.71 bits per heavy atom. The molecule has 1 N–H and O–H groups in total. The number of nitrogens with one attached hydrogen (secondary N) is 1. The van der Waals surface area contributed by atoms with E-state index in [0.717, 1.165) is 6.42 Å². The molecule has 0 aliphatic carbocycles. The summed E-state index contributed by atoms with van der Waals surface area (Å²) in [5.74, 6) is 0. The second-order valence-corrected chi connectivity index (χ2v) is 6.18. The molecular formula is C17H23NO3. The Morgan fingerprint density at radius 1 is 1.33 bits per heavy atom. The van der Waals surface area contributed by atoms with Crippen molar-refractivity contribution < 1.29 is 14.3 Å². The van der Waals surface area contributed by atoms with E-state index in [9.17, 15) is 4.79 Å². The van der Waals surface area contributed by atoms with Crippen molar-refractivity contribution in [3.05, 3.63) is 47.5 Å². The van der Waals surface area contributed by atoms with Crippen molar-refractivity contribution in [3.63, 3.8) is 0 Å². The minimum atomic E-state index is -0.497. The van der Waals surface area contributed by atoms with Crippen LogP contribution in [-0.4, -0.2) is 30.9 Å². The minimum Gasteiger partial charge on any atom is -0.444 e. The fourth-order valence-electron chi connectivity index (χ4n) is 2.21. The van der Waals surface area contributed by atoms with Crippen molar-refractivity contribution in [2.24, 2.45) is 0 Å². The normalized spacial score (nSPS) is 18.8. The van der Waals surface area contributed by atoms with Gasteiger partial charge in [0.15, 0.2) is 0 Å². The Balaban J connectivity index is 1.99. The lowest BCUT2D eigenvalue weighted by molar-refractivity contribution is 0.0461. The summed E-state index contributed by atoms with van der Waals surface area (Å²) in [6, 6.07) is 10.1. The van der Waals surface area contributed by atoms with Gasteiger partial charge in [-0.15, -0.1) is 0 Å². The van der Waals surface area contributed by atoms with Crippen molar-refractivity contribution >= 4 is 6.09 Å². The summed E-state index contributed by atoms with van der Waals surface area (Å²) in [5, 5.41) is 2.89. The summed E-state index contributed by atoms with van der Waals surface area (Å²) in [6.45, 7) is 6.63. The second kappa shape index (κ2) is 6.76. The van der Waals surface area contributed by atoms with Crippen LogP contribution in [0.1, 0.15) is 26.3 Å². The molecule has 0 saturated carbocycles. The van der Waals surface area contributed by atoms with Crippen LogP contribution in [0.25, 0.3) is 0 Å². The van der Waals surface area contributed by atoms with E-state index in [4.69, 9.17) is 9.47 Å². The molecule has 0 saturated heterocycles. The monoisotopic (exact) mass is 289 g/mol. The zero-order valence-corrected chi connectivity index (χ0v) is 12.9. The topological polar surface area (TPSA) is 47.6 Å². The Hall–Kier alpha value is -1.81. The average Bonchev–Trinajstić information content (AvgIpc) is 2.40. The van der Waals surface area contributed by atoms with Gasteiger partial charge in [0.25, 0.3) is 0 Å². The standard InChI is InChI=1S/C17H23NO3/c1-17(2,3)21-16(19)18-15-12-20-10-9-14(15)11-13-7-5-4-6-8-13/h4-9,15H,10-12H2,1-3H3,(H,18,19)/t15-/m0/s1. The SMILES string of the molecule is CC(C)(C)OC(=O)N[C@H]1COCC=C1Cc1ccccc1.